The van der Waals surface area contributed by atoms with E-state index in [1.165, 1.54) is 24.0 Å². The molecule has 9 nitrogen and oxygen atoms in total. The SMILES string of the molecule is COC(=O)C[C@H](C(C)C)N(C)C(=O)[C@@H](NC(=O)[C@@H](N(C)C(=O)OC(C)(C)C)C(C)(C)c1ccccc1)C(C)(C)C. The number of esters is 1. The van der Waals surface area contributed by atoms with Gasteiger partial charge in [0.2, 0.25) is 11.8 Å². The fraction of sp³-hybridized carbons (Fsp3) is 0.677. The van der Waals surface area contributed by atoms with E-state index in [1.807, 2.05) is 78.8 Å². The normalized spacial score (nSPS) is 14.6. The Morgan fingerprint density at radius 2 is 1.40 bits per heavy atom. The largest absolute Gasteiger partial charge is 0.469 e. The molecule has 0 aliphatic rings. The molecule has 1 aromatic carbocycles. The van der Waals surface area contributed by atoms with Crippen molar-refractivity contribution in [3.05, 3.63) is 35.9 Å². The van der Waals surface area contributed by atoms with Gasteiger partial charge in [-0.05, 0) is 37.7 Å². The molecule has 3 amide bonds. The van der Waals surface area contributed by atoms with E-state index >= 15 is 0 Å². The predicted molar refractivity (Wildman–Crippen MR) is 157 cm³/mol. The summed E-state index contributed by atoms with van der Waals surface area (Å²) in [6.07, 6.45) is -0.614. The zero-order valence-electron chi connectivity index (χ0n) is 26.7. The van der Waals surface area contributed by atoms with Gasteiger partial charge in [0.15, 0.2) is 0 Å². The van der Waals surface area contributed by atoms with Gasteiger partial charge in [-0.2, -0.15) is 0 Å². The van der Waals surface area contributed by atoms with Gasteiger partial charge in [-0.25, -0.2) is 4.79 Å². The number of hydrogen-bond acceptors (Lipinski definition) is 6. The van der Waals surface area contributed by atoms with Crippen LogP contribution in [-0.4, -0.2) is 78.6 Å². The predicted octanol–water partition coefficient (Wildman–Crippen LogP) is 4.78. The highest BCUT2D eigenvalue weighted by Crippen LogP contribution is 2.32. The van der Waals surface area contributed by atoms with Crippen LogP contribution in [0.5, 0.6) is 0 Å². The van der Waals surface area contributed by atoms with Crippen LogP contribution in [0.1, 0.15) is 81.2 Å². The smallest absolute Gasteiger partial charge is 0.410 e. The number of likely N-dealkylation sites (N-methyl/N-ethyl adjacent to an activating group) is 2. The van der Waals surface area contributed by atoms with Gasteiger partial charge >= 0.3 is 12.1 Å². The fourth-order valence-corrected chi connectivity index (χ4v) is 4.76. The lowest BCUT2D eigenvalue weighted by atomic mass is 9.76. The van der Waals surface area contributed by atoms with E-state index in [4.69, 9.17) is 9.47 Å². The first-order valence-corrected chi connectivity index (χ1v) is 13.8. The maximum Gasteiger partial charge on any atom is 0.410 e. The van der Waals surface area contributed by atoms with Gasteiger partial charge in [-0.1, -0.05) is 78.8 Å². The van der Waals surface area contributed by atoms with Gasteiger partial charge in [-0.15, -0.1) is 0 Å². The molecule has 3 atom stereocenters. The van der Waals surface area contributed by atoms with E-state index in [1.54, 1.807) is 27.8 Å². The van der Waals surface area contributed by atoms with Crippen molar-refractivity contribution in [1.29, 1.82) is 0 Å². The highest BCUT2D eigenvalue weighted by atomic mass is 16.6. The molecule has 0 unspecified atom stereocenters. The molecule has 0 aromatic heterocycles. The van der Waals surface area contributed by atoms with Crippen LogP contribution < -0.4 is 5.32 Å². The van der Waals surface area contributed by atoms with E-state index in [0.717, 1.165) is 5.56 Å². The zero-order valence-corrected chi connectivity index (χ0v) is 26.7. The lowest BCUT2D eigenvalue weighted by Crippen LogP contribution is -2.63. The summed E-state index contributed by atoms with van der Waals surface area (Å²) in [4.78, 5) is 56.2. The molecule has 40 heavy (non-hydrogen) atoms. The average molecular weight is 562 g/mol. The minimum Gasteiger partial charge on any atom is -0.469 e. The number of nitrogens with one attached hydrogen (secondary N) is 1. The van der Waals surface area contributed by atoms with Crippen LogP contribution in [0.25, 0.3) is 0 Å². The molecule has 0 saturated heterocycles. The summed E-state index contributed by atoms with van der Waals surface area (Å²) >= 11 is 0. The standard InChI is InChI=1S/C31H51N3O6/c1-20(2)22(19-23(35)39-13)33(11)27(37)24(29(3,4)5)32-26(36)25(34(12)28(38)40-30(6,7)8)31(9,10)21-17-15-14-16-18-21/h14-18,20,22,24-25H,19H2,1-13H3,(H,32,36)/t22-,24-,25-/m1/s1. The third-order valence-electron chi connectivity index (χ3n) is 7.14. The third kappa shape index (κ3) is 9.24. The Morgan fingerprint density at radius 3 is 1.82 bits per heavy atom. The number of carbonyl (C=O) groups excluding carboxylic acids is 4. The van der Waals surface area contributed by atoms with Crippen molar-refractivity contribution in [2.75, 3.05) is 21.2 Å². The molecule has 226 valence electrons. The highest BCUT2D eigenvalue weighted by Gasteiger charge is 2.46. The molecule has 9 heteroatoms. The molecule has 1 aromatic rings. The zero-order chi connectivity index (χ0) is 31.2. The van der Waals surface area contributed by atoms with Crippen molar-refractivity contribution in [3.63, 3.8) is 0 Å². The molecule has 0 aliphatic heterocycles. The molecule has 0 radical (unpaired) electrons. The monoisotopic (exact) mass is 561 g/mol. The van der Waals surface area contributed by atoms with Gasteiger partial charge in [0.25, 0.3) is 0 Å². The quantitative estimate of drug-likeness (QED) is 0.413. The van der Waals surface area contributed by atoms with Crippen molar-refractivity contribution in [3.8, 4) is 0 Å². The molecule has 1 rings (SSSR count). The summed E-state index contributed by atoms with van der Waals surface area (Å²) in [5.41, 5.74) is -1.44. The summed E-state index contributed by atoms with van der Waals surface area (Å²) in [5, 5.41) is 2.98. The van der Waals surface area contributed by atoms with Gasteiger partial charge in [-0.3, -0.25) is 19.3 Å². The van der Waals surface area contributed by atoms with E-state index in [9.17, 15) is 19.2 Å². The fourth-order valence-electron chi connectivity index (χ4n) is 4.76. The van der Waals surface area contributed by atoms with Crippen molar-refractivity contribution >= 4 is 23.9 Å². The molecule has 0 fully saturated rings. The summed E-state index contributed by atoms with van der Waals surface area (Å²) in [5.74, 6) is -1.27. The van der Waals surface area contributed by atoms with E-state index in [2.05, 4.69) is 5.32 Å². The Hall–Kier alpha value is -3.10. The number of carbonyl (C=O) groups is 4. The van der Waals surface area contributed by atoms with Crippen LogP contribution in [0.4, 0.5) is 4.79 Å². The third-order valence-corrected chi connectivity index (χ3v) is 7.14. The second-order valence-electron chi connectivity index (χ2n) is 13.4. The molecule has 0 bridgehead atoms. The molecule has 0 heterocycles. The number of nitrogens with zero attached hydrogens (tertiary/aromatic N) is 2. The lowest BCUT2D eigenvalue weighted by molar-refractivity contribution is -0.147. The van der Waals surface area contributed by atoms with Gasteiger partial charge < -0.3 is 19.7 Å². The average Bonchev–Trinajstić information content (AvgIpc) is 2.83. The Bertz CT molecular complexity index is 1020. The number of methoxy groups -OCH3 is 1. The minimum atomic E-state index is -1.01. The van der Waals surface area contributed by atoms with Crippen LogP contribution >= 0.6 is 0 Å². The second-order valence-corrected chi connectivity index (χ2v) is 13.4. The first-order valence-electron chi connectivity index (χ1n) is 13.8. The van der Waals surface area contributed by atoms with Crippen molar-refractivity contribution in [2.24, 2.45) is 11.3 Å². The Balaban J connectivity index is 3.53. The molecule has 0 spiro atoms. The minimum absolute atomic E-state index is 0.0340. The summed E-state index contributed by atoms with van der Waals surface area (Å²) in [6, 6.07) is 7.08. The molecular formula is C31H51N3O6. The molecule has 0 aliphatic carbocycles. The van der Waals surface area contributed by atoms with Crippen molar-refractivity contribution < 1.29 is 28.7 Å². The number of benzene rings is 1. The maximum atomic E-state index is 14.2. The Labute approximate surface area is 240 Å². The molecule has 1 N–H and O–H groups in total. The molecule has 0 saturated carbocycles. The topological polar surface area (TPSA) is 105 Å². The van der Waals surface area contributed by atoms with Crippen LogP contribution in [0.2, 0.25) is 0 Å². The first kappa shape index (κ1) is 34.9. The summed E-state index contributed by atoms with van der Waals surface area (Å²) in [6.45, 7) is 18.5. The van der Waals surface area contributed by atoms with Crippen LogP contribution in [0, 0.1) is 11.3 Å². The van der Waals surface area contributed by atoms with Crippen LogP contribution in [-0.2, 0) is 29.3 Å². The van der Waals surface area contributed by atoms with Gasteiger partial charge in [0.05, 0.1) is 13.5 Å². The maximum absolute atomic E-state index is 14.2. The Kier molecular flexibility index (Phi) is 11.8. The van der Waals surface area contributed by atoms with Crippen molar-refractivity contribution in [2.45, 2.75) is 105 Å². The van der Waals surface area contributed by atoms with Crippen molar-refractivity contribution in [1.82, 2.24) is 15.1 Å². The number of hydrogen-bond donors (Lipinski definition) is 1. The van der Waals surface area contributed by atoms with E-state index in [0.29, 0.717) is 0 Å². The van der Waals surface area contributed by atoms with Crippen LogP contribution in [0.3, 0.4) is 0 Å². The van der Waals surface area contributed by atoms with Crippen LogP contribution in [0.15, 0.2) is 30.3 Å². The number of ether oxygens (including phenoxy) is 2. The van der Waals surface area contributed by atoms with E-state index < -0.39 is 52.5 Å². The summed E-state index contributed by atoms with van der Waals surface area (Å²) < 4.78 is 10.5. The van der Waals surface area contributed by atoms with E-state index in [-0.39, 0.29) is 18.2 Å². The number of rotatable bonds is 10. The summed E-state index contributed by atoms with van der Waals surface area (Å²) in [7, 11) is 4.49. The lowest BCUT2D eigenvalue weighted by Gasteiger charge is -2.42. The highest BCUT2D eigenvalue weighted by molar-refractivity contribution is 5.93. The van der Waals surface area contributed by atoms with Gasteiger partial charge in [0.1, 0.15) is 17.7 Å². The first-order chi connectivity index (χ1) is 18.1. The second kappa shape index (κ2) is 13.5. The molecular weight excluding hydrogens is 510 g/mol. The Morgan fingerprint density at radius 1 is 0.875 bits per heavy atom. The number of amides is 3. The van der Waals surface area contributed by atoms with Gasteiger partial charge in [0, 0.05) is 25.6 Å².